The molecule has 0 bridgehead atoms. The molecule has 0 atom stereocenters. The third kappa shape index (κ3) is 4.14. The van der Waals surface area contributed by atoms with Gasteiger partial charge in [-0.25, -0.2) is 0 Å². The molecular weight excluding hydrogens is 361 g/mol. The molecule has 0 aliphatic heterocycles. The number of nitrogens with one attached hydrogen (secondary N) is 1. The lowest BCUT2D eigenvalue weighted by Crippen LogP contribution is -2.24. The van der Waals surface area contributed by atoms with Gasteiger partial charge in [0.2, 0.25) is 0 Å². The van der Waals surface area contributed by atoms with E-state index in [4.69, 9.17) is 23.2 Å². The van der Waals surface area contributed by atoms with Gasteiger partial charge in [-0.1, -0.05) is 43.1 Å². The van der Waals surface area contributed by atoms with Gasteiger partial charge in [0.1, 0.15) is 0 Å². The van der Waals surface area contributed by atoms with Crippen LogP contribution in [0.15, 0.2) is 24.3 Å². The van der Waals surface area contributed by atoms with E-state index in [1.165, 1.54) is 16.9 Å². The van der Waals surface area contributed by atoms with E-state index in [9.17, 15) is 4.79 Å². The molecule has 0 spiro atoms. The summed E-state index contributed by atoms with van der Waals surface area (Å²) in [7, 11) is 0. The highest BCUT2D eigenvalue weighted by atomic mass is 35.5. The Morgan fingerprint density at radius 1 is 1.25 bits per heavy atom. The maximum atomic E-state index is 12.4. The van der Waals surface area contributed by atoms with Gasteiger partial charge in [-0.2, -0.15) is 0 Å². The van der Waals surface area contributed by atoms with Crippen LogP contribution in [0.4, 0.5) is 0 Å². The molecule has 1 aromatic carbocycles. The first-order valence-electron chi connectivity index (χ1n) is 8.18. The fraction of sp³-hybridized carbons (Fsp3) is 0.421. The minimum atomic E-state index is 0.0206. The van der Waals surface area contributed by atoms with Crippen molar-refractivity contribution in [1.29, 1.82) is 0 Å². The number of carbonyl (C=O) groups excluding carboxylic acids is 1. The molecule has 5 heteroatoms. The zero-order chi connectivity index (χ0) is 17.3. The Bertz CT molecular complexity index is 767. The van der Waals surface area contributed by atoms with E-state index in [2.05, 4.69) is 25.2 Å². The van der Waals surface area contributed by atoms with Crippen LogP contribution in [0, 0.1) is 5.41 Å². The third-order valence-electron chi connectivity index (χ3n) is 4.51. The van der Waals surface area contributed by atoms with Gasteiger partial charge in [-0.15, -0.1) is 11.3 Å². The van der Waals surface area contributed by atoms with Gasteiger partial charge in [0, 0.05) is 11.4 Å². The molecule has 2 aromatic rings. The van der Waals surface area contributed by atoms with Crippen LogP contribution in [0.5, 0.6) is 0 Å². The normalized spacial score (nSPS) is 15.8. The van der Waals surface area contributed by atoms with Crippen molar-refractivity contribution in [2.45, 2.75) is 39.5 Å². The van der Waals surface area contributed by atoms with Gasteiger partial charge in [-0.05, 0) is 60.4 Å². The Kier molecular flexibility index (Phi) is 5.24. The zero-order valence-electron chi connectivity index (χ0n) is 13.9. The van der Waals surface area contributed by atoms with E-state index >= 15 is 0 Å². The fourth-order valence-corrected chi connectivity index (χ4v) is 4.75. The second kappa shape index (κ2) is 7.07. The molecule has 0 saturated heterocycles. The minimum Gasteiger partial charge on any atom is -0.351 e. The van der Waals surface area contributed by atoms with Crippen LogP contribution in [0.3, 0.4) is 0 Å². The summed E-state index contributed by atoms with van der Waals surface area (Å²) in [5, 5.41) is 4.11. The summed E-state index contributed by atoms with van der Waals surface area (Å²) in [6.07, 6.45) is 4.08. The molecule has 24 heavy (non-hydrogen) atoms. The predicted octanol–water partition coefficient (Wildman–Crippen LogP) is 5.54. The van der Waals surface area contributed by atoms with E-state index in [1.807, 2.05) is 12.1 Å². The van der Waals surface area contributed by atoms with Gasteiger partial charge >= 0.3 is 0 Å². The molecule has 1 aliphatic carbocycles. The molecule has 1 aromatic heterocycles. The topological polar surface area (TPSA) is 29.1 Å². The van der Waals surface area contributed by atoms with Crippen molar-refractivity contribution in [1.82, 2.24) is 5.32 Å². The van der Waals surface area contributed by atoms with Gasteiger partial charge < -0.3 is 5.32 Å². The standard InChI is InChI=1S/C19H21Cl2NOS/c1-19(2)7-5-13-10-16(24-17(13)11-19)18(23)22-8-6-12-3-4-14(20)15(21)9-12/h3-4,9-10H,5-8,11H2,1-2H3,(H,22,23). The maximum absolute atomic E-state index is 12.4. The first kappa shape index (κ1) is 17.8. The Balaban J connectivity index is 1.58. The highest BCUT2D eigenvalue weighted by molar-refractivity contribution is 7.14. The van der Waals surface area contributed by atoms with Crippen LogP contribution < -0.4 is 5.32 Å². The molecule has 0 unspecified atom stereocenters. The summed E-state index contributed by atoms with van der Waals surface area (Å²) >= 11 is 13.6. The average molecular weight is 382 g/mol. The molecular formula is C19H21Cl2NOS. The van der Waals surface area contributed by atoms with E-state index in [-0.39, 0.29) is 5.91 Å². The summed E-state index contributed by atoms with van der Waals surface area (Å²) in [5.41, 5.74) is 2.77. The van der Waals surface area contributed by atoms with Crippen molar-refractivity contribution >= 4 is 40.4 Å². The van der Waals surface area contributed by atoms with Crippen LogP contribution in [-0.2, 0) is 19.3 Å². The second-order valence-corrected chi connectivity index (χ2v) is 9.11. The maximum Gasteiger partial charge on any atom is 0.261 e. The number of aryl methyl sites for hydroxylation is 1. The summed E-state index contributed by atoms with van der Waals surface area (Å²) in [6.45, 7) is 5.18. The molecule has 128 valence electrons. The number of fused-ring (bicyclic) bond motifs is 1. The van der Waals surface area contributed by atoms with E-state index < -0.39 is 0 Å². The Morgan fingerprint density at radius 3 is 2.79 bits per heavy atom. The van der Waals surface area contributed by atoms with Crippen LogP contribution in [0.25, 0.3) is 0 Å². The van der Waals surface area contributed by atoms with E-state index in [1.54, 1.807) is 17.4 Å². The number of amides is 1. The van der Waals surface area contributed by atoms with Crippen LogP contribution in [0.1, 0.15) is 45.9 Å². The minimum absolute atomic E-state index is 0.0206. The summed E-state index contributed by atoms with van der Waals surface area (Å²) in [5.74, 6) is 0.0206. The summed E-state index contributed by atoms with van der Waals surface area (Å²) in [4.78, 5) is 14.6. The quantitative estimate of drug-likeness (QED) is 0.739. The highest BCUT2D eigenvalue weighted by Crippen LogP contribution is 2.38. The van der Waals surface area contributed by atoms with E-state index in [0.29, 0.717) is 22.0 Å². The SMILES string of the molecule is CC1(C)CCc2cc(C(=O)NCCc3ccc(Cl)c(Cl)c3)sc2C1. The van der Waals surface area contributed by atoms with E-state index in [0.717, 1.165) is 29.7 Å². The number of hydrogen-bond acceptors (Lipinski definition) is 2. The van der Waals surface area contributed by atoms with Gasteiger partial charge in [0.05, 0.1) is 14.9 Å². The molecule has 2 nitrogen and oxygen atoms in total. The van der Waals surface area contributed by atoms with Crippen molar-refractivity contribution < 1.29 is 4.79 Å². The molecule has 3 rings (SSSR count). The zero-order valence-corrected chi connectivity index (χ0v) is 16.2. The van der Waals surface area contributed by atoms with Crippen LogP contribution in [-0.4, -0.2) is 12.5 Å². The number of benzene rings is 1. The Labute approximate surface area is 157 Å². The highest BCUT2D eigenvalue weighted by Gasteiger charge is 2.27. The molecule has 0 saturated carbocycles. The average Bonchev–Trinajstić information content (AvgIpc) is 2.92. The summed E-state index contributed by atoms with van der Waals surface area (Å²) in [6, 6.07) is 7.65. The molecule has 1 aliphatic rings. The fourth-order valence-electron chi connectivity index (χ4n) is 3.04. The molecule has 1 heterocycles. The number of carbonyl (C=O) groups is 1. The smallest absolute Gasteiger partial charge is 0.261 e. The second-order valence-electron chi connectivity index (χ2n) is 7.15. The lowest BCUT2D eigenvalue weighted by atomic mass is 9.78. The largest absolute Gasteiger partial charge is 0.351 e. The van der Waals surface area contributed by atoms with Gasteiger partial charge in [0.25, 0.3) is 5.91 Å². The van der Waals surface area contributed by atoms with Crippen LogP contribution in [0.2, 0.25) is 10.0 Å². The number of hydrogen-bond donors (Lipinski definition) is 1. The summed E-state index contributed by atoms with van der Waals surface area (Å²) < 4.78 is 0. The van der Waals surface area contributed by atoms with Crippen molar-refractivity contribution in [2.24, 2.45) is 5.41 Å². The lowest BCUT2D eigenvalue weighted by Gasteiger charge is -2.28. The lowest BCUT2D eigenvalue weighted by molar-refractivity contribution is 0.0958. The van der Waals surface area contributed by atoms with Crippen molar-refractivity contribution in [2.75, 3.05) is 6.54 Å². The predicted molar refractivity (Wildman–Crippen MR) is 103 cm³/mol. The number of thiophene rings is 1. The van der Waals surface area contributed by atoms with Crippen molar-refractivity contribution in [3.8, 4) is 0 Å². The van der Waals surface area contributed by atoms with Gasteiger partial charge in [0.15, 0.2) is 0 Å². The van der Waals surface area contributed by atoms with Gasteiger partial charge in [-0.3, -0.25) is 4.79 Å². The number of halogens is 2. The third-order valence-corrected chi connectivity index (χ3v) is 6.43. The molecule has 0 radical (unpaired) electrons. The van der Waals surface area contributed by atoms with Crippen molar-refractivity contribution in [3.63, 3.8) is 0 Å². The molecule has 1 amide bonds. The Morgan fingerprint density at radius 2 is 2.04 bits per heavy atom. The Hall–Kier alpha value is -1.03. The first-order valence-corrected chi connectivity index (χ1v) is 9.75. The first-order chi connectivity index (χ1) is 11.3. The van der Waals surface area contributed by atoms with Crippen molar-refractivity contribution in [3.05, 3.63) is 55.2 Å². The molecule has 0 fully saturated rings. The molecule has 1 N–H and O–H groups in total. The van der Waals surface area contributed by atoms with Crippen LogP contribution >= 0.6 is 34.5 Å². The monoisotopic (exact) mass is 381 g/mol. The number of rotatable bonds is 4.